The van der Waals surface area contributed by atoms with E-state index in [2.05, 4.69) is 21.2 Å². The summed E-state index contributed by atoms with van der Waals surface area (Å²) in [6.45, 7) is 3.77. The van der Waals surface area contributed by atoms with Crippen LogP contribution < -0.4 is 11.1 Å². The Morgan fingerprint density at radius 3 is 2.58 bits per heavy atom. The van der Waals surface area contributed by atoms with E-state index in [-0.39, 0.29) is 24.4 Å². The second kappa shape index (κ2) is 6.56. The molecule has 0 fully saturated rings. The summed E-state index contributed by atoms with van der Waals surface area (Å²) >= 11 is 3.27. The lowest BCUT2D eigenvalue weighted by Gasteiger charge is -2.18. The summed E-state index contributed by atoms with van der Waals surface area (Å²) in [5.41, 5.74) is 6.72. The number of rotatable bonds is 4. The Bertz CT molecular complexity index is 489. The molecule has 0 radical (unpaired) electrons. The third-order valence-electron chi connectivity index (χ3n) is 2.42. The molecular formula is C13H18BrN3O2. The van der Waals surface area contributed by atoms with Gasteiger partial charge in [-0.2, -0.15) is 0 Å². The van der Waals surface area contributed by atoms with Gasteiger partial charge in [0, 0.05) is 28.8 Å². The summed E-state index contributed by atoms with van der Waals surface area (Å²) in [6.07, 6.45) is 0. The van der Waals surface area contributed by atoms with Crippen molar-refractivity contribution >= 4 is 33.4 Å². The molecule has 0 heterocycles. The smallest absolute Gasteiger partial charge is 0.254 e. The fourth-order valence-corrected chi connectivity index (χ4v) is 1.91. The number of hydrogen-bond donors (Lipinski definition) is 2. The summed E-state index contributed by atoms with van der Waals surface area (Å²) in [4.78, 5) is 25.1. The number of anilines is 1. The average molecular weight is 328 g/mol. The van der Waals surface area contributed by atoms with Gasteiger partial charge in [0.15, 0.2) is 0 Å². The maximum absolute atomic E-state index is 12.1. The van der Waals surface area contributed by atoms with Gasteiger partial charge in [-0.25, -0.2) is 0 Å². The van der Waals surface area contributed by atoms with Crippen molar-refractivity contribution in [2.75, 3.05) is 19.3 Å². The molecular weight excluding hydrogens is 310 g/mol. The van der Waals surface area contributed by atoms with Gasteiger partial charge in [0.1, 0.15) is 0 Å². The maximum Gasteiger partial charge on any atom is 0.254 e. The molecule has 19 heavy (non-hydrogen) atoms. The van der Waals surface area contributed by atoms with Crippen molar-refractivity contribution in [1.82, 2.24) is 10.2 Å². The Kier molecular flexibility index (Phi) is 5.35. The van der Waals surface area contributed by atoms with Crippen molar-refractivity contribution in [3.8, 4) is 0 Å². The number of halogens is 1. The highest BCUT2D eigenvalue weighted by molar-refractivity contribution is 9.10. The highest BCUT2D eigenvalue weighted by Crippen LogP contribution is 2.21. The van der Waals surface area contributed by atoms with Crippen LogP contribution in [0.1, 0.15) is 24.2 Å². The van der Waals surface area contributed by atoms with E-state index < -0.39 is 0 Å². The van der Waals surface area contributed by atoms with Crippen LogP contribution in [0.2, 0.25) is 0 Å². The predicted octanol–water partition coefficient (Wildman–Crippen LogP) is 1.63. The molecule has 0 aliphatic carbocycles. The van der Waals surface area contributed by atoms with E-state index in [4.69, 9.17) is 5.73 Å². The molecule has 104 valence electrons. The van der Waals surface area contributed by atoms with Crippen molar-refractivity contribution in [3.63, 3.8) is 0 Å². The van der Waals surface area contributed by atoms with Crippen LogP contribution in [0.25, 0.3) is 0 Å². The van der Waals surface area contributed by atoms with Gasteiger partial charge in [-0.05, 0) is 48.0 Å². The lowest BCUT2D eigenvalue weighted by molar-refractivity contribution is -0.122. The fourth-order valence-electron chi connectivity index (χ4n) is 1.54. The average Bonchev–Trinajstić information content (AvgIpc) is 2.30. The van der Waals surface area contributed by atoms with E-state index in [1.807, 2.05) is 13.8 Å². The fraction of sp³-hybridized carbons (Fsp3) is 0.385. The summed E-state index contributed by atoms with van der Waals surface area (Å²) in [5.74, 6) is -0.403. The van der Waals surface area contributed by atoms with Crippen LogP contribution in [0, 0.1) is 0 Å². The highest BCUT2D eigenvalue weighted by atomic mass is 79.9. The molecule has 0 aromatic heterocycles. The van der Waals surface area contributed by atoms with Crippen LogP contribution in [0.3, 0.4) is 0 Å². The van der Waals surface area contributed by atoms with E-state index >= 15 is 0 Å². The predicted molar refractivity (Wildman–Crippen MR) is 78.8 cm³/mol. The van der Waals surface area contributed by atoms with Crippen LogP contribution in [-0.2, 0) is 4.79 Å². The van der Waals surface area contributed by atoms with Gasteiger partial charge in [-0.3, -0.25) is 9.59 Å². The van der Waals surface area contributed by atoms with Crippen LogP contribution in [0.5, 0.6) is 0 Å². The zero-order valence-electron chi connectivity index (χ0n) is 11.2. The van der Waals surface area contributed by atoms with Gasteiger partial charge >= 0.3 is 0 Å². The molecule has 1 rings (SSSR count). The number of nitrogens with zero attached hydrogens (tertiary/aromatic N) is 1. The quantitative estimate of drug-likeness (QED) is 0.825. The number of nitrogens with one attached hydrogen (secondary N) is 1. The topological polar surface area (TPSA) is 75.4 Å². The van der Waals surface area contributed by atoms with E-state index in [1.54, 1.807) is 25.2 Å². The summed E-state index contributed by atoms with van der Waals surface area (Å²) in [5, 5.41) is 2.74. The van der Waals surface area contributed by atoms with Crippen molar-refractivity contribution in [2.24, 2.45) is 0 Å². The molecule has 0 aliphatic heterocycles. The van der Waals surface area contributed by atoms with Gasteiger partial charge < -0.3 is 16.0 Å². The van der Waals surface area contributed by atoms with Gasteiger partial charge in [-0.1, -0.05) is 0 Å². The van der Waals surface area contributed by atoms with Gasteiger partial charge in [0.2, 0.25) is 5.91 Å². The zero-order chi connectivity index (χ0) is 14.6. The summed E-state index contributed by atoms with van der Waals surface area (Å²) in [7, 11) is 1.59. The van der Waals surface area contributed by atoms with E-state index in [1.165, 1.54) is 4.90 Å². The Hall–Kier alpha value is -1.56. The van der Waals surface area contributed by atoms with Crippen molar-refractivity contribution in [3.05, 3.63) is 28.2 Å². The van der Waals surface area contributed by atoms with Crippen molar-refractivity contribution < 1.29 is 9.59 Å². The molecule has 0 atom stereocenters. The molecule has 6 heteroatoms. The van der Waals surface area contributed by atoms with E-state index in [0.717, 1.165) is 0 Å². The first-order valence-corrected chi connectivity index (χ1v) is 6.70. The van der Waals surface area contributed by atoms with Gasteiger partial charge in [0.25, 0.3) is 5.91 Å². The largest absolute Gasteiger partial charge is 0.398 e. The Balaban J connectivity index is 2.71. The minimum absolute atomic E-state index is 0.0268. The molecule has 0 saturated heterocycles. The number of nitrogen functional groups attached to an aromatic ring is 1. The van der Waals surface area contributed by atoms with Crippen LogP contribution in [0.4, 0.5) is 5.69 Å². The van der Waals surface area contributed by atoms with E-state index in [9.17, 15) is 9.59 Å². The second-order valence-electron chi connectivity index (χ2n) is 4.62. The number of benzene rings is 1. The third kappa shape index (κ3) is 4.55. The molecule has 0 unspecified atom stereocenters. The van der Waals surface area contributed by atoms with Gasteiger partial charge in [-0.15, -0.1) is 0 Å². The molecule has 0 bridgehead atoms. The van der Waals surface area contributed by atoms with E-state index in [0.29, 0.717) is 15.7 Å². The summed E-state index contributed by atoms with van der Waals surface area (Å²) in [6, 6.07) is 4.99. The minimum atomic E-state index is -0.223. The number of hydrogen-bond acceptors (Lipinski definition) is 3. The highest BCUT2D eigenvalue weighted by Gasteiger charge is 2.16. The minimum Gasteiger partial charge on any atom is -0.398 e. The normalized spacial score (nSPS) is 10.4. The van der Waals surface area contributed by atoms with Crippen molar-refractivity contribution in [2.45, 2.75) is 19.9 Å². The first-order chi connectivity index (χ1) is 8.81. The number of nitrogens with two attached hydrogens (primary N) is 1. The van der Waals surface area contributed by atoms with Gasteiger partial charge in [0.05, 0.1) is 6.54 Å². The lowest BCUT2D eigenvalue weighted by atomic mass is 10.2. The first-order valence-electron chi connectivity index (χ1n) is 5.91. The summed E-state index contributed by atoms with van der Waals surface area (Å²) < 4.78 is 0.665. The number of likely N-dealkylation sites (N-methyl/N-ethyl adjacent to an activating group) is 1. The molecule has 0 spiro atoms. The zero-order valence-corrected chi connectivity index (χ0v) is 12.8. The molecule has 2 amide bonds. The van der Waals surface area contributed by atoms with Crippen molar-refractivity contribution in [1.29, 1.82) is 0 Å². The first kappa shape index (κ1) is 15.5. The molecule has 0 saturated carbocycles. The number of amides is 2. The number of carbonyl (C=O) groups is 2. The monoisotopic (exact) mass is 327 g/mol. The molecule has 3 N–H and O–H groups in total. The Morgan fingerprint density at radius 1 is 1.42 bits per heavy atom. The SMILES string of the molecule is CC(C)NC(=O)CN(C)C(=O)c1ccc(N)c(Br)c1. The number of carbonyl (C=O) groups excluding carboxylic acids is 2. The Morgan fingerprint density at radius 2 is 2.05 bits per heavy atom. The Labute approximate surface area is 121 Å². The van der Waals surface area contributed by atoms with Crippen LogP contribution >= 0.6 is 15.9 Å². The standard InChI is InChI=1S/C13H18BrN3O2/c1-8(2)16-12(18)7-17(3)13(19)9-4-5-11(15)10(14)6-9/h4-6,8H,7,15H2,1-3H3,(H,16,18). The molecule has 1 aromatic carbocycles. The maximum atomic E-state index is 12.1. The lowest BCUT2D eigenvalue weighted by Crippen LogP contribution is -2.40. The molecule has 0 aliphatic rings. The molecule has 1 aromatic rings. The molecule has 5 nitrogen and oxygen atoms in total. The third-order valence-corrected chi connectivity index (χ3v) is 3.11. The van der Waals surface area contributed by atoms with Crippen LogP contribution in [0.15, 0.2) is 22.7 Å². The van der Waals surface area contributed by atoms with Crippen LogP contribution in [-0.4, -0.2) is 36.3 Å². The second-order valence-corrected chi connectivity index (χ2v) is 5.47.